The van der Waals surface area contributed by atoms with Crippen molar-refractivity contribution < 1.29 is 29.3 Å². The van der Waals surface area contributed by atoms with Crippen LogP contribution in [0, 0.1) is 5.92 Å². The van der Waals surface area contributed by atoms with Crippen molar-refractivity contribution in [3.63, 3.8) is 0 Å². The van der Waals surface area contributed by atoms with E-state index in [-0.39, 0.29) is 0 Å². The third-order valence-corrected chi connectivity index (χ3v) is 5.01. The molecule has 0 spiro atoms. The summed E-state index contributed by atoms with van der Waals surface area (Å²) in [5.41, 5.74) is 1.17. The van der Waals surface area contributed by atoms with E-state index in [2.05, 4.69) is 5.32 Å². The third kappa shape index (κ3) is 3.93. The number of methoxy groups -OCH3 is 1. The van der Waals surface area contributed by atoms with Crippen LogP contribution >= 0.6 is 0 Å². The summed E-state index contributed by atoms with van der Waals surface area (Å²) in [5, 5.41) is 22.6. The third-order valence-electron chi connectivity index (χ3n) is 5.01. The molecule has 1 heterocycles. The summed E-state index contributed by atoms with van der Waals surface area (Å²) >= 11 is 0. The van der Waals surface area contributed by atoms with Crippen LogP contribution in [0.15, 0.2) is 54.6 Å². The van der Waals surface area contributed by atoms with E-state index in [1.54, 1.807) is 31.2 Å². The number of rotatable bonds is 7. The molecule has 1 aliphatic heterocycles. The number of hydrogen-bond donors (Lipinski definition) is 3. The molecule has 1 fully saturated rings. The van der Waals surface area contributed by atoms with Crippen LogP contribution in [-0.2, 0) is 14.4 Å². The maximum atomic E-state index is 12.6. The molecule has 3 N–H and O–H groups in total. The summed E-state index contributed by atoms with van der Waals surface area (Å²) in [4.78, 5) is 37.9. The van der Waals surface area contributed by atoms with Crippen molar-refractivity contribution in [2.75, 3.05) is 12.0 Å². The fraction of sp³-hybridized carbons (Fsp3) is 0.286. The van der Waals surface area contributed by atoms with E-state index in [9.17, 15) is 24.6 Å². The first-order chi connectivity index (χ1) is 13.8. The van der Waals surface area contributed by atoms with Gasteiger partial charge in [0.1, 0.15) is 23.8 Å². The number of carboxylic acid groups (broad SMARTS) is 1. The molecular weight excluding hydrogens is 376 g/mol. The predicted molar refractivity (Wildman–Crippen MR) is 104 cm³/mol. The molecule has 2 aromatic carbocycles. The van der Waals surface area contributed by atoms with Crippen LogP contribution in [0.4, 0.5) is 5.69 Å². The van der Waals surface area contributed by atoms with Crippen LogP contribution in [0.5, 0.6) is 5.75 Å². The molecular formula is C21H22N2O6. The molecule has 0 radical (unpaired) electrons. The average molecular weight is 398 g/mol. The van der Waals surface area contributed by atoms with Gasteiger partial charge in [0.15, 0.2) is 0 Å². The second-order valence-corrected chi connectivity index (χ2v) is 6.80. The highest BCUT2D eigenvalue weighted by Gasteiger charge is 2.57. The van der Waals surface area contributed by atoms with E-state index in [0.717, 1.165) is 10.5 Å². The Morgan fingerprint density at radius 3 is 2.28 bits per heavy atom. The second kappa shape index (κ2) is 8.32. The number of anilines is 1. The van der Waals surface area contributed by atoms with Crippen LogP contribution in [0.25, 0.3) is 0 Å². The number of benzene rings is 2. The Labute approximate surface area is 167 Å². The smallest absolute Gasteiger partial charge is 0.327 e. The zero-order valence-corrected chi connectivity index (χ0v) is 16.0. The molecule has 4 atom stereocenters. The summed E-state index contributed by atoms with van der Waals surface area (Å²) in [5.74, 6) is -3.52. The van der Waals surface area contributed by atoms with Crippen molar-refractivity contribution in [3.8, 4) is 5.75 Å². The summed E-state index contributed by atoms with van der Waals surface area (Å²) in [7, 11) is 1.49. The van der Waals surface area contributed by atoms with Crippen molar-refractivity contribution in [2.24, 2.45) is 5.92 Å². The van der Waals surface area contributed by atoms with Crippen LogP contribution in [0.3, 0.4) is 0 Å². The van der Waals surface area contributed by atoms with Crippen LogP contribution < -0.4 is 15.0 Å². The number of ether oxygens (including phenoxy) is 1. The molecule has 1 aliphatic rings. The van der Waals surface area contributed by atoms with Gasteiger partial charge in [-0.2, -0.15) is 0 Å². The molecule has 0 saturated carbocycles. The molecule has 29 heavy (non-hydrogen) atoms. The Hall–Kier alpha value is -3.39. The first-order valence-corrected chi connectivity index (χ1v) is 9.08. The minimum atomic E-state index is -1.77. The van der Waals surface area contributed by atoms with Gasteiger partial charge in [-0.1, -0.05) is 30.3 Å². The Bertz CT molecular complexity index is 899. The number of aliphatic hydroxyl groups excluding tert-OH is 1. The molecule has 0 aromatic heterocycles. The number of β-lactam (4-membered cyclic amide) rings is 1. The number of amides is 2. The fourth-order valence-corrected chi connectivity index (χ4v) is 3.40. The van der Waals surface area contributed by atoms with Gasteiger partial charge in [0.25, 0.3) is 0 Å². The van der Waals surface area contributed by atoms with Crippen molar-refractivity contribution >= 4 is 23.5 Å². The number of nitrogens with one attached hydrogen (secondary N) is 1. The number of aliphatic carboxylic acids is 1. The molecule has 8 heteroatoms. The van der Waals surface area contributed by atoms with E-state index < -0.39 is 41.9 Å². The quantitative estimate of drug-likeness (QED) is 0.607. The van der Waals surface area contributed by atoms with Gasteiger partial charge in [-0.05, 0) is 36.8 Å². The van der Waals surface area contributed by atoms with E-state index in [1.807, 2.05) is 30.3 Å². The number of carbonyl (C=O) groups is 3. The Morgan fingerprint density at radius 2 is 1.72 bits per heavy atom. The van der Waals surface area contributed by atoms with Gasteiger partial charge < -0.3 is 20.3 Å². The van der Waals surface area contributed by atoms with Crippen LogP contribution in [0.2, 0.25) is 0 Å². The maximum Gasteiger partial charge on any atom is 0.327 e. The number of aliphatic hydroxyl groups is 1. The van der Waals surface area contributed by atoms with Gasteiger partial charge in [-0.15, -0.1) is 0 Å². The van der Waals surface area contributed by atoms with Gasteiger partial charge in [0.2, 0.25) is 11.8 Å². The largest absolute Gasteiger partial charge is 0.497 e. The van der Waals surface area contributed by atoms with Crippen LogP contribution in [-0.4, -0.2) is 47.3 Å². The van der Waals surface area contributed by atoms with Gasteiger partial charge in [-0.3, -0.25) is 14.5 Å². The highest BCUT2D eigenvalue weighted by atomic mass is 16.5. The lowest BCUT2D eigenvalue weighted by atomic mass is 9.81. The monoisotopic (exact) mass is 398 g/mol. The van der Waals surface area contributed by atoms with Gasteiger partial charge in [0, 0.05) is 5.69 Å². The van der Waals surface area contributed by atoms with E-state index in [1.165, 1.54) is 7.11 Å². The zero-order valence-electron chi connectivity index (χ0n) is 16.0. The SMILES string of the molecule is COc1ccc(N2C(=O)[C@H]([C@H](O)C(=O)N[C@@H](C)c3ccccc3)[C@H]2C(=O)O)cc1. The molecule has 0 aliphatic carbocycles. The molecule has 0 bridgehead atoms. The standard InChI is InChI=1S/C21H22N2O6/c1-12(13-6-4-3-5-7-13)22-19(25)18(24)16-17(21(27)28)23(20(16)26)14-8-10-15(29-2)11-9-14/h3-12,16-18,24H,1-2H3,(H,22,25)(H,27,28)/t12-,16-,17-,18-/m0/s1. The summed E-state index contributed by atoms with van der Waals surface area (Å²) < 4.78 is 5.05. The molecule has 2 amide bonds. The van der Waals surface area contributed by atoms with Crippen molar-refractivity contribution in [1.29, 1.82) is 0 Å². The van der Waals surface area contributed by atoms with E-state index in [0.29, 0.717) is 11.4 Å². The highest BCUT2D eigenvalue weighted by Crippen LogP contribution is 2.36. The first-order valence-electron chi connectivity index (χ1n) is 9.08. The van der Waals surface area contributed by atoms with Crippen LogP contribution in [0.1, 0.15) is 18.5 Å². The number of carbonyl (C=O) groups excluding carboxylic acids is 2. The minimum Gasteiger partial charge on any atom is -0.497 e. The lowest BCUT2D eigenvalue weighted by Crippen LogP contribution is -2.69. The average Bonchev–Trinajstić information content (AvgIpc) is 2.72. The Kier molecular flexibility index (Phi) is 5.84. The molecule has 1 saturated heterocycles. The van der Waals surface area contributed by atoms with Gasteiger partial charge in [-0.25, -0.2) is 4.79 Å². The number of nitrogens with zero attached hydrogens (tertiary/aromatic N) is 1. The van der Waals surface area contributed by atoms with Crippen molar-refractivity contribution in [1.82, 2.24) is 5.32 Å². The molecule has 0 unspecified atom stereocenters. The lowest BCUT2D eigenvalue weighted by Gasteiger charge is -2.45. The van der Waals surface area contributed by atoms with Gasteiger partial charge >= 0.3 is 5.97 Å². The predicted octanol–water partition coefficient (Wildman–Crippen LogP) is 1.35. The van der Waals surface area contributed by atoms with E-state index >= 15 is 0 Å². The summed E-state index contributed by atoms with van der Waals surface area (Å²) in [6, 6.07) is 13.6. The Morgan fingerprint density at radius 1 is 1.10 bits per heavy atom. The summed E-state index contributed by atoms with van der Waals surface area (Å²) in [6.07, 6.45) is -1.77. The first kappa shape index (κ1) is 20.3. The zero-order chi connectivity index (χ0) is 21.1. The van der Waals surface area contributed by atoms with E-state index in [4.69, 9.17) is 4.74 Å². The number of hydrogen-bond acceptors (Lipinski definition) is 5. The van der Waals surface area contributed by atoms with Gasteiger partial charge in [0.05, 0.1) is 13.2 Å². The van der Waals surface area contributed by atoms with Crippen molar-refractivity contribution in [2.45, 2.75) is 25.1 Å². The minimum absolute atomic E-state index is 0.352. The molecule has 2 aromatic rings. The second-order valence-electron chi connectivity index (χ2n) is 6.80. The summed E-state index contributed by atoms with van der Waals surface area (Å²) in [6.45, 7) is 1.74. The normalized spacial score (nSPS) is 20.4. The highest BCUT2D eigenvalue weighted by molar-refractivity contribution is 6.12. The molecule has 8 nitrogen and oxygen atoms in total. The Balaban J connectivity index is 1.74. The molecule has 3 rings (SSSR count). The lowest BCUT2D eigenvalue weighted by molar-refractivity contribution is -0.156. The van der Waals surface area contributed by atoms with Crippen molar-refractivity contribution in [3.05, 3.63) is 60.2 Å². The maximum absolute atomic E-state index is 12.6. The fourth-order valence-electron chi connectivity index (χ4n) is 3.40. The number of carboxylic acids is 1. The topological polar surface area (TPSA) is 116 Å². The molecule has 152 valence electrons.